The maximum absolute atomic E-state index is 14.2. The largest absolute Gasteiger partial charge is 0.493 e. The number of hydrogen-bond donors (Lipinski definition) is 0. The molecule has 0 atom stereocenters. The van der Waals surface area contributed by atoms with Crippen LogP contribution in [0.25, 0.3) is 0 Å². The van der Waals surface area contributed by atoms with Crippen LogP contribution in [0.3, 0.4) is 0 Å². The molecule has 0 spiro atoms. The number of allylic oxidation sites excluding steroid dienone is 4. The van der Waals surface area contributed by atoms with Crippen molar-refractivity contribution in [3.8, 4) is 11.5 Å². The summed E-state index contributed by atoms with van der Waals surface area (Å²) in [6.45, 7) is 9.69. The minimum atomic E-state index is -0.439. The maximum Gasteiger partial charge on any atom is 0.162 e. The van der Waals surface area contributed by atoms with Crippen LogP contribution in [0.2, 0.25) is 0 Å². The number of benzene rings is 3. The van der Waals surface area contributed by atoms with Crippen LogP contribution in [-0.4, -0.2) is 23.6 Å². The van der Waals surface area contributed by atoms with E-state index in [9.17, 15) is 9.59 Å². The van der Waals surface area contributed by atoms with Crippen LogP contribution in [0.5, 0.6) is 11.5 Å². The number of rotatable bonds is 7. The number of halogens is 1. The molecule has 0 saturated carbocycles. The highest BCUT2D eigenvalue weighted by atomic mass is 79.9. The molecule has 0 radical (unpaired) electrons. The quantitative estimate of drug-likeness (QED) is 0.255. The molecule has 3 aromatic carbocycles. The highest BCUT2D eigenvalue weighted by Gasteiger charge is 2.49. The van der Waals surface area contributed by atoms with Gasteiger partial charge in [-0.1, -0.05) is 98.2 Å². The van der Waals surface area contributed by atoms with E-state index in [1.54, 1.807) is 7.11 Å². The van der Waals surface area contributed by atoms with Crippen molar-refractivity contribution in [2.75, 3.05) is 7.11 Å². The highest BCUT2D eigenvalue weighted by molar-refractivity contribution is 9.10. The van der Waals surface area contributed by atoms with Gasteiger partial charge in [-0.2, -0.15) is 0 Å². The predicted molar refractivity (Wildman–Crippen MR) is 176 cm³/mol. The second kappa shape index (κ2) is 11.7. The smallest absolute Gasteiger partial charge is 0.162 e. The Labute approximate surface area is 269 Å². The summed E-state index contributed by atoms with van der Waals surface area (Å²) in [5.41, 5.74) is 6.34. The van der Waals surface area contributed by atoms with Gasteiger partial charge >= 0.3 is 0 Å². The Morgan fingerprint density at radius 3 is 1.95 bits per heavy atom. The Kier molecular flexibility index (Phi) is 8.08. The average Bonchev–Trinajstić information content (AvgIpc) is 2.97. The van der Waals surface area contributed by atoms with Gasteiger partial charge in [0.15, 0.2) is 23.1 Å². The normalized spacial score (nSPS) is 19.5. The summed E-state index contributed by atoms with van der Waals surface area (Å²) in [5, 5.41) is 0. The molecule has 6 heteroatoms. The number of ether oxygens (including phenoxy) is 2. The Hall–Kier alpha value is -3.64. The molecule has 1 heterocycles. The van der Waals surface area contributed by atoms with E-state index in [0.717, 1.165) is 56.5 Å². The van der Waals surface area contributed by atoms with E-state index in [-0.39, 0.29) is 22.4 Å². The van der Waals surface area contributed by atoms with Crippen molar-refractivity contribution in [1.82, 2.24) is 4.90 Å². The van der Waals surface area contributed by atoms with Crippen molar-refractivity contribution < 1.29 is 19.1 Å². The van der Waals surface area contributed by atoms with Crippen LogP contribution in [0.1, 0.15) is 76.0 Å². The van der Waals surface area contributed by atoms with Crippen LogP contribution in [0.4, 0.5) is 0 Å². The van der Waals surface area contributed by atoms with Gasteiger partial charge in [0, 0.05) is 57.9 Å². The first-order valence-electron chi connectivity index (χ1n) is 15.3. The molecule has 3 aliphatic rings. The molecular weight excluding hydrogens is 614 g/mol. The van der Waals surface area contributed by atoms with Crippen LogP contribution in [0, 0.1) is 10.8 Å². The van der Waals surface area contributed by atoms with Gasteiger partial charge in [0.1, 0.15) is 6.61 Å². The number of hydrogen-bond acceptors (Lipinski definition) is 5. The molecule has 0 N–H and O–H groups in total. The lowest BCUT2D eigenvalue weighted by Gasteiger charge is -2.49. The third-order valence-electron chi connectivity index (χ3n) is 9.07. The van der Waals surface area contributed by atoms with Gasteiger partial charge in [-0.15, -0.1) is 0 Å². The zero-order valence-electron chi connectivity index (χ0n) is 26.2. The third-order valence-corrected chi connectivity index (χ3v) is 9.84. The van der Waals surface area contributed by atoms with E-state index in [0.29, 0.717) is 37.5 Å². The summed E-state index contributed by atoms with van der Waals surface area (Å²) in [5.74, 6) is 1.00. The van der Waals surface area contributed by atoms with Crippen LogP contribution < -0.4 is 9.47 Å². The number of ketones is 2. The fourth-order valence-electron chi connectivity index (χ4n) is 7.09. The van der Waals surface area contributed by atoms with Gasteiger partial charge in [-0.25, -0.2) is 0 Å². The van der Waals surface area contributed by atoms with Gasteiger partial charge in [-0.3, -0.25) is 9.59 Å². The monoisotopic (exact) mass is 653 g/mol. The Morgan fingerprint density at radius 1 is 0.773 bits per heavy atom. The molecule has 0 aromatic heterocycles. The van der Waals surface area contributed by atoms with Crippen molar-refractivity contribution in [1.29, 1.82) is 0 Å². The molecule has 0 saturated heterocycles. The highest BCUT2D eigenvalue weighted by Crippen LogP contribution is 2.55. The van der Waals surface area contributed by atoms with E-state index in [1.807, 2.05) is 60.7 Å². The summed E-state index contributed by atoms with van der Waals surface area (Å²) in [4.78, 5) is 30.7. The second-order valence-electron chi connectivity index (χ2n) is 13.9. The second-order valence-corrected chi connectivity index (χ2v) is 14.8. The summed E-state index contributed by atoms with van der Waals surface area (Å²) in [7, 11) is 1.63. The third kappa shape index (κ3) is 5.89. The standard InChI is InChI=1S/C38H40BrNO4/c1-37(2)18-28-35(30(41)20-37)34(25-15-16-32(33(17-25)43-5)44-23-26-13-9-10-14-27(26)39)36-29(19-38(3,4)21-31(36)42)40(28)22-24-11-7-6-8-12-24/h6-17,34H,18-23H2,1-5H3. The Bertz CT molecular complexity index is 1630. The number of Topliss-reactive ketones (excluding diaryl/α,β-unsaturated/α-hetero) is 2. The molecule has 0 fully saturated rings. The molecule has 44 heavy (non-hydrogen) atoms. The molecule has 5 nitrogen and oxygen atoms in total. The molecule has 3 aromatic rings. The van der Waals surface area contributed by atoms with Crippen molar-refractivity contribution in [2.24, 2.45) is 10.8 Å². The molecule has 228 valence electrons. The van der Waals surface area contributed by atoms with Gasteiger partial charge in [0.25, 0.3) is 0 Å². The number of carbonyl (C=O) groups excluding carboxylic acids is 2. The van der Waals surface area contributed by atoms with E-state index >= 15 is 0 Å². The molecule has 2 aliphatic carbocycles. The minimum absolute atomic E-state index is 0.122. The zero-order valence-corrected chi connectivity index (χ0v) is 27.8. The van der Waals surface area contributed by atoms with Crippen LogP contribution in [-0.2, 0) is 22.7 Å². The van der Waals surface area contributed by atoms with E-state index in [1.165, 1.54) is 0 Å². The predicted octanol–water partition coefficient (Wildman–Crippen LogP) is 8.92. The van der Waals surface area contributed by atoms with Gasteiger partial charge in [-0.05, 0) is 53.0 Å². The lowest BCUT2D eigenvalue weighted by Crippen LogP contribution is -2.44. The number of nitrogens with zero attached hydrogens (tertiary/aromatic N) is 1. The SMILES string of the molecule is COc1cc(C2C3=C(CC(C)(C)CC3=O)N(Cc3ccccc3)C3=C2C(=O)CC(C)(C)C3)ccc1OCc1ccccc1Br. The first-order valence-corrected chi connectivity index (χ1v) is 16.1. The van der Waals surface area contributed by atoms with Gasteiger partial charge in [0.05, 0.1) is 7.11 Å². The van der Waals surface area contributed by atoms with Gasteiger partial charge in [0.2, 0.25) is 0 Å². The van der Waals surface area contributed by atoms with Crippen molar-refractivity contribution in [3.05, 3.63) is 116 Å². The molecule has 6 rings (SSSR count). The maximum atomic E-state index is 14.2. The minimum Gasteiger partial charge on any atom is -0.493 e. The summed E-state index contributed by atoms with van der Waals surface area (Å²) in [6.07, 6.45) is 2.45. The van der Waals surface area contributed by atoms with Crippen molar-refractivity contribution in [3.63, 3.8) is 0 Å². The lowest BCUT2D eigenvalue weighted by molar-refractivity contribution is -0.119. The molecule has 0 amide bonds. The van der Waals surface area contributed by atoms with Gasteiger partial charge < -0.3 is 14.4 Å². The Morgan fingerprint density at radius 2 is 1.36 bits per heavy atom. The zero-order chi connectivity index (χ0) is 31.2. The summed E-state index contributed by atoms with van der Waals surface area (Å²) < 4.78 is 13.0. The number of carbonyl (C=O) groups is 2. The topological polar surface area (TPSA) is 55.8 Å². The van der Waals surface area contributed by atoms with E-state index in [2.05, 4.69) is 60.7 Å². The van der Waals surface area contributed by atoms with Crippen LogP contribution in [0.15, 0.2) is 99.8 Å². The Balaban J connectivity index is 1.48. The van der Waals surface area contributed by atoms with E-state index < -0.39 is 5.92 Å². The number of methoxy groups -OCH3 is 1. The summed E-state index contributed by atoms with van der Waals surface area (Å²) in [6, 6.07) is 24.2. The van der Waals surface area contributed by atoms with E-state index in [4.69, 9.17) is 9.47 Å². The first kappa shape index (κ1) is 30.4. The van der Waals surface area contributed by atoms with Crippen molar-refractivity contribution >= 4 is 27.5 Å². The lowest BCUT2D eigenvalue weighted by atomic mass is 9.63. The first-order chi connectivity index (χ1) is 21.0. The molecule has 0 bridgehead atoms. The summed E-state index contributed by atoms with van der Waals surface area (Å²) >= 11 is 3.60. The molecular formula is C38H40BrNO4. The average molecular weight is 655 g/mol. The fourth-order valence-corrected chi connectivity index (χ4v) is 7.49. The fraction of sp³-hybridized carbons (Fsp3) is 0.368. The molecule has 1 aliphatic heterocycles. The van der Waals surface area contributed by atoms with Crippen molar-refractivity contribution in [2.45, 2.75) is 72.4 Å². The molecule has 0 unspecified atom stereocenters. The van der Waals surface area contributed by atoms with Crippen LogP contribution >= 0.6 is 15.9 Å².